The van der Waals surface area contributed by atoms with Crippen molar-refractivity contribution < 1.29 is 4.74 Å². The number of aliphatic imine (C=N–C) groups is 1. The average Bonchev–Trinajstić information content (AvgIpc) is 2.74. The number of halogens is 1. The SMILES string of the molecule is CCNC(=NCC1(CCOC)CCC1)NCCN1CCN(c2ncccn2)CC1.I. The number of methoxy groups -OCH3 is 1. The normalized spacial score (nSPS) is 19.0. The van der Waals surface area contributed by atoms with Crippen LogP contribution in [-0.2, 0) is 4.74 Å². The molecule has 30 heavy (non-hydrogen) atoms. The van der Waals surface area contributed by atoms with Gasteiger partial charge in [-0.05, 0) is 37.7 Å². The number of guanidine groups is 1. The first-order valence-corrected chi connectivity index (χ1v) is 11.0. The van der Waals surface area contributed by atoms with E-state index in [4.69, 9.17) is 9.73 Å². The van der Waals surface area contributed by atoms with Crippen molar-refractivity contribution in [2.45, 2.75) is 32.6 Å². The quantitative estimate of drug-likeness (QED) is 0.272. The lowest BCUT2D eigenvalue weighted by Gasteiger charge is -2.40. The third-order valence-corrected chi connectivity index (χ3v) is 6.10. The molecule has 2 fully saturated rings. The van der Waals surface area contributed by atoms with Gasteiger partial charge in [0.2, 0.25) is 5.95 Å². The number of hydrogen-bond acceptors (Lipinski definition) is 6. The van der Waals surface area contributed by atoms with Gasteiger partial charge in [0.15, 0.2) is 5.96 Å². The number of anilines is 1. The Labute approximate surface area is 198 Å². The van der Waals surface area contributed by atoms with Crippen molar-refractivity contribution in [2.24, 2.45) is 10.4 Å². The molecule has 1 aromatic rings. The predicted molar refractivity (Wildman–Crippen MR) is 133 cm³/mol. The molecule has 1 aliphatic carbocycles. The Morgan fingerprint density at radius 1 is 1.17 bits per heavy atom. The third kappa shape index (κ3) is 7.49. The van der Waals surface area contributed by atoms with Gasteiger partial charge in [0, 0.05) is 78.5 Å². The molecular formula is C21H38IN7O. The van der Waals surface area contributed by atoms with E-state index < -0.39 is 0 Å². The second-order valence-electron chi connectivity index (χ2n) is 8.10. The number of piperazine rings is 1. The van der Waals surface area contributed by atoms with Gasteiger partial charge in [-0.2, -0.15) is 0 Å². The summed E-state index contributed by atoms with van der Waals surface area (Å²) in [5.41, 5.74) is 0.355. The van der Waals surface area contributed by atoms with Gasteiger partial charge < -0.3 is 20.3 Å². The fourth-order valence-electron chi connectivity index (χ4n) is 4.03. The molecule has 0 aromatic carbocycles. The molecule has 9 heteroatoms. The summed E-state index contributed by atoms with van der Waals surface area (Å²) in [6.45, 7) is 10.7. The molecule has 170 valence electrons. The summed E-state index contributed by atoms with van der Waals surface area (Å²) in [5.74, 6) is 1.78. The van der Waals surface area contributed by atoms with E-state index in [1.54, 1.807) is 7.11 Å². The van der Waals surface area contributed by atoms with Gasteiger partial charge in [-0.3, -0.25) is 9.89 Å². The molecule has 2 N–H and O–H groups in total. The molecule has 2 aliphatic rings. The number of hydrogen-bond donors (Lipinski definition) is 2. The van der Waals surface area contributed by atoms with Crippen LogP contribution in [0.4, 0.5) is 5.95 Å². The molecule has 0 unspecified atom stereocenters. The number of rotatable bonds is 10. The van der Waals surface area contributed by atoms with Gasteiger partial charge in [0.25, 0.3) is 0 Å². The summed E-state index contributed by atoms with van der Waals surface area (Å²) in [5, 5.41) is 6.91. The average molecular weight is 531 g/mol. The Balaban J connectivity index is 0.00000320. The van der Waals surface area contributed by atoms with Crippen LogP contribution in [0.25, 0.3) is 0 Å². The molecule has 0 bridgehead atoms. The highest BCUT2D eigenvalue weighted by Gasteiger charge is 2.36. The number of ether oxygens (including phenoxy) is 1. The second kappa shape index (κ2) is 13.3. The fourth-order valence-corrected chi connectivity index (χ4v) is 4.03. The van der Waals surface area contributed by atoms with Crippen molar-refractivity contribution >= 4 is 35.9 Å². The number of nitrogens with zero attached hydrogens (tertiary/aromatic N) is 5. The first-order chi connectivity index (χ1) is 14.2. The first kappa shape index (κ1) is 25.1. The Morgan fingerprint density at radius 2 is 1.90 bits per heavy atom. The van der Waals surface area contributed by atoms with Crippen LogP contribution in [0, 0.1) is 5.41 Å². The maximum atomic E-state index is 5.30. The predicted octanol–water partition coefficient (Wildman–Crippen LogP) is 1.98. The Bertz CT molecular complexity index is 619. The van der Waals surface area contributed by atoms with Crippen molar-refractivity contribution in [3.05, 3.63) is 18.5 Å². The van der Waals surface area contributed by atoms with Crippen LogP contribution in [0.15, 0.2) is 23.5 Å². The van der Waals surface area contributed by atoms with Crippen LogP contribution in [0.3, 0.4) is 0 Å². The molecule has 0 amide bonds. The molecule has 8 nitrogen and oxygen atoms in total. The number of nitrogens with one attached hydrogen (secondary N) is 2. The van der Waals surface area contributed by atoms with Crippen LogP contribution >= 0.6 is 24.0 Å². The van der Waals surface area contributed by atoms with Gasteiger partial charge >= 0.3 is 0 Å². The van der Waals surface area contributed by atoms with E-state index in [0.29, 0.717) is 5.41 Å². The van der Waals surface area contributed by atoms with Gasteiger partial charge in [-0.15, -0.1) is 24.0 Å². The van der Waals surface area contributed by atoms with Crippen LogP contribution in [0.5, 0.6) is 0 Å². The summed E-state index contributed by atoms with van der Waals surface area (Å²) in [4.78, 5) is 18.3. The molecule has 2 heterocycles. The molecular weight excluding hydrogens is 493 g/mol. The molecule has 1 saturated carbocycles. The molecule has 0 radical (unpaired) electrons. The fraction of sp³-hybridized carbons (Fsp3) is 0.762. The molecule has 1 saturated heterocycles. The van der Waals surface area contributed by atoms with Crippen LogP contribution < -0.4 is 15.5 Å². The minimum atomic E-state index is 0. The summed E-state index contributed by atoms with van der Waals surface area (Å²) in [6, 6.07) is 1.86. The van der Waals surface area contributed by atoms with Crippen LogP contribution in [0.2, 0.25) is 0 Å². The van der Waals surface area contributed by atoms with Crippen molar-refractivity contribution in [2.75, 3.05) is 71.0 Å². The van der Waals surface area contributed by atoms with Gasteiger partial charge in [-0.25, -0.2) is 9.97 Å². The lowest BCUT2D eigenvalue weighted by Crippen LogP contribution is -2.49. The number of aromatic nitrogens is 2. The zero-order valence-electron chi connectivity index (χ0n) is 18.5. The van der Waals surface area contributed by atoms with Gasteiger partial charge in [-0.1, -0.05) is 6.42 Å². The third-order valence-electron chi connectivity index (χ3n) is 6.10. The molecule has 1 aliphatic heterocycles. The van der Waals surface area contributed by atoms with Crippen LogP contribution in [-0.4, -0.2) is 86.9 Å². The van der Waals surface area contributed by atoms with Gasteiger partial charge in [0.1, 0.15) is 0 Å². The molecule has 1 aromatic heterocycles. The maximum Gasteiger partial charge on any atom is 0.225 e. The van der Waals surface area contributed by atoms with E-state index in [1.165, 1.54) is 19.3 Å². The summed E-state index contributed by atoms with van der Waals surface area (Å²) in [7, 11) is 1.79. The van der Waals surface area contributed by atoms with Crippen molar-refractivity contribution in [1.29, 1.82) is 0 Å². The molecule has 0 spiro atoms. The summed E-state index contributed by atoms with van der Waals surface area (Å²) < 4.78 is 5.30. The van der Waals surface area contributed by atoms with E-state index >= 15 is 0 Å². The second-order valence-corrected chi connectivity index (χ2v) is 8.10. The zero-order valence-corrected chi connectivity index (χ0v) is 20.8. The summed E-state index contributed by atoms with van der Waals surface area (Å²) >= 11 is 0. The van der Waals surface area contributed by atoms with E-state index in [-0.39, 0.29) is 24.0 Å². The molecule has 0 atom stereocenters. The van der Waals surface area contributed by atoms with E-state index in [2.05, 4.69) is 37.3 Å². The largest absolute Gasteiger partial charge is 0.385 e. The highest BCUT2D eigenvalue weighted by molar-refractivity contribution is 14.0. The van der Waals surface area contributed by atoms with Gasteiger partial charge in [0.05, 0.1) is 0 Å². The topological polar surface area (TPSA) is 77.9 Å². The molecule has 3 rings (SSSR count). The minimum absolute atomic E-state index is 0. The van der Waals surface area contributed by atoms with E-state index in [1.807, 2.05) is 18.5 Å². The lowest BCUT2D eigenvalue weighted by molar-refractivity contribution is 0.0778. The maximum absolute atomic E-state index is 5.30. The lowest BCUT2D eigenvalue weighted by atomic mass is 9.67. The minimum Gasteiger partial charge on any atom is -0.385 e. The standard InChI is InChI=1S/C21H37N7O.HI/c1-3-22-19(26-18-21(6-4-7-21)8-17-29-2)23-11-12-27-13-15-28(16-14-27)20-24-9-5-10-25-20;/h5,9-10H,3-4,6-8,11-18H2,1-2H3,(H2,22,23,26);1H. The van der Waals surface area contributed by atoms with E-state index in [0.717, 1.165) is 77.3 Å². The van der Waals surface area contributed by atoms with Crippen LogP contribution in [0.1, 0.15) is 32.6 Å². The van der Waals surface area contributed by atoms with Crippen molar-refractivity contribution in [3.63, 3.8) is 0 Å². The Hall–Kier alpha value is -1.20. The van der Waals surface area contributed by atoms with Crippen molar-refractivity contribution in [3.8, 4) is 0 Å². The summed E-state index contributed by atoms with van der Waals surface area (Å²) in [6.07, 6.45) is 8.60. The Morgan fingerprint density at radius 3 is 2.50 bits per heavy atom. The highest BCUT2D eigenvalue weighted by atomic mass is 127. The zero-order chi connectivity index (χ0) is 20.4. The van der Waals surface area contributed by atoms with Crippen molar-refractivity contribution in [1.82, 2.24) is 25.5 Å². The smallest absolute Gasteiger partial charge is 0.225 e. The highest BCUT2D eigenvalue weighted by Crippen LogP contribution is 2.44. The monoisotopic (exact) mass is 531 g/mol. The first-order valence-electron chi connectivity index (χ1n) is 11.0. The van der Waals surface area contributed by atoms with E-state index in [9.17, 15) is 0 Å². The Kier molecular flexibility index (Phi) is 11.1.